The average Bonchev–Trinajstić information content (AvgIpc) is 3.09. The Hall–Kier alpha value is -2.76. The van der Waals surface area contributed by atoms with Gasteiger partial charge in [-0.1, -0.05) is 30.1 Å². The zero-order valence-electron chi connectivity index (χ0n) is 17.0. The normalized spacial score (nSPS) is 12.5. The Morgan fingerprint density at radius 2 is 1.64 bits per heavy atom. The lowest BCUT2D eigenvalue weighted by atomic mass is 10.1. The summed E-state index contributed by atoms with van der Waals surface area (Å²) in [6.45, 7) is 1.46. The number of hydrogen-bond donors (Lipinski definition) is 0. The molecule has 0 atom stereocenters. The maximum Gasteiger partial charge on any atom is 0.449 e. The van der Waals surface area contributed by atoms with Crippen molar-refractivity contribution in [2.24, 2.45) is 7.05 Å². The molecule has 4 rings (SSSR count). The number of aryl methyl sites for hydroxylation is 1. The zero-order valence-corrected chi connectivity index (χ0v) is 19.4. The Balaban J connectivity index is 1.93. The molecule has 13 heteroatoms. The van der Waals surface area contributed by atoms with Crippen LogP contribution >= 0.6 is 23.2 Å². The van der Waals surface area contributed by atoms with Gasteiger partial charge in [0.25, 0.3) is 0 Å². The van der Waals surface area contributed by atoms with Crippen LogP contribution in [0.3, 0.4) is 0 Å². The van der Waals surface area contributed by atoms with E-state index >= 15 is 0 Å². The molecule has 0 saturated carbocycles. The van der Waals surface area contributed by atoms with E-state index in [0.717, 1.165) is 17.8 Å². The van der Waals surface area contributed by atoms with Crippen molar-refractivity contribution in [3.05, 3.63) is 52.5 Å². The van der Waals surface area contributed by atoms with Crippen LogP contribution in [0.1, 0.15) is 12.7 Å². The summed E-state index contributed by atoms with van der Waals surface area (Å²) in [6, 6.07) is 6.12. The maximum absolute atomic E-state index is 13.2. The van der Waals surface area contributed by atoms with Gasteiger partial charge in [-0.15, -0.1) is 0 Å². The smallest absolute Gasteiger partial charge is 0.308 e. The van der Waals surface area contributed by atoms with Gasteiger partial charge in [0.1, 0.15) is 11.2 Å². The predicted molar refractivity (Wildman–Crippen MR) is 118 cm³/mol. The van der Waals surface area contributed by atoms with Gasteiger partial charge in [0.05, 0.1) is 16.8 Å². The maximum atomic E-state index is 13.2. The molecule has 0 fully saturated rings. The lowest BCUT2D eigenvalue weighted by Crippen LogP contribution is -2.12. The number of sulfone groups is 1. The molecule has 0 spiro atoms. The Labute approximate surface area is 196 Å². The second kappa shape index (κ2) is 8.23. The fourth-order valence-corrected chi connectivity index (χ4v) is 4.81. The highest BCUT2D eigenvalue weighted by atomic mass is 35.5. The molecule has 33 heavy (non-hydrogen) atoms. The van der Waals surface area contributed by atoms with E-state index in [0.29, 0.717) is 21.2 Å². The number of aromatic nitrogens is 5. The third kappa shape index (κ3) is 4.40. The van der Waals surface area contributed by atoms with Crippen molar-refractivity contribution >= 4 is 44.2 Å². The molecule has 0 unspecified atom stereocenters. The molecular weight excluding hydrogens is 502 g/mol. The topological polar surface area (TPSA) is 90.6 Å². The molecule has 0 bridgehead atoms. The largest absolute Gasteiger partial charge is 0.449 e. The molecule has 0 amide bonds. The fraction of sp³-hybridized carbons (Fsp3) is 0.200. The van der Waals surface area contributed by atoms with Crippen molar-refractivity contribution in [2.75, 3.05) is 5.75 Å². The Morgan fingerprint density at radius 1 is 0.970 bits per heavy atom. The van der Waals surface area contributed by atoms with Crippen LogP contribution < -0.4 is 0 Å². The minimum Gasteiger partial charge on any atom is -0.308 e. The monoisotopic (exact) mass is 515 g/mol. The summed E-state index contributed by atoms with van der Waals surface area (Å²) in [7, 11) is -2.66. The quantitative estimate of drug-likeness (QED) is 0.370. The number of pyridine rings is 1. The van der Waals surface area contributed by atoms with E-state index in [-0.39, 0.29) is 33.3 Å². The van der Waals surface area contributed by atoms with Gasteiger partial charge in [-0.2, -0.15) is 13.2 Å². The number of halogens is 5. The predicted octanol–water partition coefficient (Wildman–Crippen LogP) is 5.21. The minimum atomic E-state index is -4.69. The molecule has 0 aliphatic rings. The van der Waals surface area contributed by atoms with Crippen LogP contribution in [0.5, 0.6) is 0 Å². The zero-order chi connectivity index (χ0) is 24.1. The highest BCUT2D eigenvalue weighted by Gasteiger charge is 2.37. The first kappa shape index (κ1) is 23.4. The van der Waals surface area contributed by atoms with Crippen molar-refractivity contribution in [3.8, 4) is 22.6 Å². The SMILES string of the molecule is CCS(=O)(=O)c1cc(-c2cc(Cl)cc(Cl)c2)cnc1-c1ncc2nc(C(F)(F)F)n(C)c2n1. The lowest BCUT2D eigenvalue weighted by molar-refractivity contribution is -0.146. The average molecular weight is 516 g/mol. The third-order valence-corrected chi connectivity index (χ3v) is 7.02. The van der Waals surface area contributed by atoms with Crippen LogP contribution in [0.2, 0.25) is 10.0 Å². The van der Waals surface area contributed by atoms with Crippen LogP contribution in [0.25, 0.3) is 33.8 Å². The van der Waals surface area contributed by atoms with E-state index in [9.17, 15) is 21.6 Å². The number of alkyl halides is 3. The summed E-state index contributed by atoms with van der Waals surface area (Å²) in [5, 5.41) is 0.707. The number of nitrogens with zero attached hydrogens (tertiary/aromatic N) is 5. The Bertz CT molecular complexity index is 1480. The van der Waals surface area contributed by atoms with Crippen molar-refractivity contribution in [3.63, 3.8) is 0 Å². The summed E-state index contributed by atoms with van der Waals surface area (Å²) in [6.07, 6.45) is -2.20. The second-order valence-electron chi connectivity index (χ2n) is 7.03. The molecule has 3 aromatic heterocycles. The fourth-order valence-electron chi connectivity index (χ4n) is 3.23. The number of imidazole rings is 1. The van der Waals surface area contributed by atoms with Gasteiger partial charge >= 0.3 is 6.18 Å². The van der Waals surface area contributed by atoms with Crippen LogP contribution in [0.4, 0.5) is 13.2 Å². The standard InChI is InChI=1S/C20H14Cl2F3N5O2S/c1-3-33(31,32)15-6-11(10-4-12(21)7-13(22)5-10)8-26-16(15)17-27-9-14-18(29-17)30(2)19(28-14)20(23,24)25/h4-9H,3H2,1-2H3. The van der Waals surface area contributed by atoms with E-state index < -0.39 is 21.8 Å². The lowest BCUT2D eigenvalue weighted by Gasteiger charge is -2.11. The van der Waals surface area contributed by atoms with Gasteiger partial charge in [0, 0.05) is 28.9 Å². The van der Waals surface area contributed by atoms with Gasteiger partial charge in [-0.25, -0.2) is 23.4 Å². The minimum absolute atomic E-state index is 0.0846. The molecule has 3 heterocycles. The van der Waals surface area contributed by atoms with Crippen molar-refractivity contribution in [2.45, 2.75) is 18.0 Å². The molecule has 4 aromatic rings. The van der Waals surface area contributed by atoms with Crippen molar-refractivity contribution < 1.29 is 21.6 Å². The van der Waals surface area contributed by atoms with Crippen LogP contribution in [0, 0.1) is 0 Å². The number of hydrogen-bond acceptors (Lipinski definition) is 6. The first-order valence-corrected chi connectivity index (χ1v) is 11.8. The van der Waals surface area contributed by atoms with Gasteiger partial charge in [0.15, 0.2) is 21.3 Å². The van der Waals surface area contributed by atoms with Crippen LogP contribution in [-0.4, -0.2) is 38.7 Å². The molecule has 172 valence electrons. The molecule has 0 aliphatic carbocycles. The van der Waals surface area contributed by atoms with Gasteiger partial charge in [-0.05, 0) is 29.8 Å². The first-order valence-electron chi connectivity index (χ1n) is 9.37. The van der Waals surface area contributed by atoms with E-state index in [1.165, 1.54) is 25.3 Å². The summed E-state index contributed by atoms with van der Waals surface area (Å²) < 4.78 is 66.1. The summed E-state index contributed by atoms with van der Waals surface area (Å²) in [5.41, 5.74) is 0.678. The molecule has 0 radical (unpaired) electrons. The molecule has 0 aliphatic heterocycles. The van der Waals surface area contributed by atoms with E-state index in [1.54, 1.807) is 12.1 Å². The summed E-state index contributed by atoms with van der Waals surface area (Å²) >= 11 is 12.1. The first-order chi connectivity index (χ1) is 15.4. The van der Waals surface area contributed by atoms with Gasteiger partial charge in [0.2, 0.25) is 5.82 Å². The molecule has 1 aromatic carbocycles. The highest BCUT2D eigenvalue weighted by molar-refractivity contribution is 7.91. The Kier molecular flexibility index (Phi) is 5.83. The third-order valence-electron chi connectivity index (χ3n) is 4.84. The van der Waals surface area contributed by atoms with Gasteiger partial charge in [-0.3, -0.25) is 4.98 Å². The molecular formula is C20H14Cl2F3N5O2S. The van der Waals surface area contributed by atoms with E-state index in [4.69, 9.17) is 23.2 Å². The van der Waals surface area contributed by atoms with Crippen LogP contribution in [-0.2, 0) is 23.1 Å². The number of benzene rings is 1. The Morgan fingerprint density at radius 3 is 2.24 bits per heavy atom. The van der Waals surface area contributed by atoms with Crippen LogP contribution in [0.15, 0.2) is 41.6 Å². The summed E-state index contributed by atoms with van der Waals surface area (Å²) in [5.74, 6) is -1.54. The summed E-state index contributed by atoms with van der Waals surface area (Å²) in [4.78, 5) is 15.8. The van der Waals surface area contributed by atoms with Gasteiger partial charge < -0.3 is 4.57 Å². The van der Waals surface area contributed by atoms with E-state index in [1.807, 2.05) is 0 Å². The second-order valence-corrected chi connectivity index (χ2v) is 10.1. The number of fused-ring (bicyclic) bond motifs is 1. The number of rotatable bonds is 4. The molecule has 0 N–H and O–H groups in total. The van der Waals surface area contributed by atoms with Crippen molar-refractivity contribution in [1.82, 2.24) is 24.5 Å². The van der Waals surface area contributed by atoms with E-state index in [2.05, 4.69) is 19.9 Å². The molecule has 0 saturated heterocycles. The van der Waals surface area contributed by atoms with Crippen molar-refractivity contribution in [1.29, 1.82) is 0 Å². The highest BCUT2D eigenvalue weighted by Crippen LogP contribution is 2.33. The molecule has 7 nitrogen and oxygen atoms in total.